The zero-order chi connectivity index (χ0) is 15.2. The first-order valence-corrected chi connectivity index (χ1v) is 7.08. The zero-order valence-electron chi connectivity index (χ0n) is 12.7. The number of esters is 1. The number of rotatable bonds is 5. The molecule has 1 N–H and O–H groups in total. The normalized spacial score (nSPS) is 12.0. The molecule has 3 heteroatoms. The average Bonchev–Trinajstić information content (AvgIpc) is 2.52. The minimum atomic E-state index is -0.296. The lowest BCUT2D eigenvalue weighted by molar-refractivity contribution is 0.0599. The van der Waals surface area contributed by atoms with Crippen LogP contribution in [0, 0.1) is 6.92 Å². The molecule has 0 fully saturated rings. The third-order valence-corrected chi connectivity index (χ3v) is 3.60. The molecule has 0 saturated heterocycles. The van der Waals surface area contributed by atoms with E-state index in [4.69, 9.17) is 4.74 Å². The highest BCUT2D eigenvalue weighted by molar-refractivity contribution is 5.90. The van der Waals surface area contributed by atoms with Gasteiger partial charge in [-0.1, -0.05) is 48.0 Å². The zero-order valence-corrected chi connectivity index (χ0v) is 12.7. The van der Waals surface area contributed by atoms with Crippen LogP contribution in [0.5, 0.6) is 0 Å². The topological polar surface area (TPSA) is 38.3 Å². The van der Waals surface area contributed by atoms with Gasteiger partial charge in [-0.05, 0) is 31.0 Å². The highest BCUT2D eigenvalue weighted by Crippen LogP contribution is 2.15. The standard InChI is InChI=1S/C18H21NO2/c1-13-8-10-15(11-9-13)14(2)19-12-16-6-4-5-7-17(16)18(20)21-3/h4-11,14,19H,12H2,1-3H3. The fourth-order valence-electron chi connectivity index (χ4n) is 2.22. The molecule has 0 spiro atoms. The summed E-state index contributed by atoms with van der Waals surface area (Å²) in [5.41, 5.74) is 4.05. The quantitative estimate of drug-likeness (QED) is 0.852. The molecule has 1 atom stereocenters. The van der Waals surface area contributed by atoms with E-state index >= 15 is 0 Å². The highest BCUT2D eigenvalue weighted by atomic mass is 16.5. The second-order valence-electron chi connectivity index (χ2n) is 5.16. The molecular formula is C18H21NO2. The summed E-state index contributed by atoms with van der Waals surface area (Å²) < 4.78 is 4.81. The van der Waals surface area contributed by atoms with E-state index in [9.17, 15) is 4.79 Å². The fraction of sp³-hybridized carbons (Fsp3) is 0.278. The van der Waals surface area contributed by atoms with Crippen LogP contribution in [0.2, 0.25) is 0 Å². The Kier molecular flexibility index (Phi) is 5.12. The van der Waals surface area contributed by atoms with Gasteiger partial charge in [0.15, 0.2) is 0 Å². The minimum Gasteiger partial charge on any atom is -0.465 e. The van der Waals surface area contributed by atoms with Gasteiger partial charge in [0.2, 0.25) is 0 Å². The van der Waals surface area contributed by atoms with E-state index in [0.717, 1.165) is 5.56 Å². The summed E-state index contributed by atoms with van der Waals surface area (Å²) in [6, 6.07) is 16.2. The Hall–Kier alpha value is -2.13. The number of ether oxygens (including phenoxy) is 1. The van der Waals surface area contributed by atoms with Gasteiger partial charge < -0.3 is 10.1 Å². The number of aryl methyl sites for hydroxylation is 1. The molecule has 2 aromatic rings. The first kappa shape index (κ1) is 15.3. The Labute approximate surface area is 126 Å². The average molecular weight is 283 g/mol. The van der Waals surface area contributed by atoms with Crippen LogP contribution in [0.1, 0.15) is 40.0 Å². The Morgan fingerprint density at radius 2 is 1.81 bits per heavy atom. The van der Waals surface area contributed by atoms with Gasteiger partial charge in [0.1, 0.15) is 0 Å². The number of hydrogen-bond donors (Lipinski definition) is 1. The Bertz CT molecular complexity index is 605. The second-order valence-corrected chi connectivity index (χ2v) is 5.16. The molecule has 0 saturated carbocycles. The molecule has 3 nitrogen and oxygen atoms in total. The van der Waals surface area contributed by atoms with Crippen molar-refractivity contribution in [2.75, 3.05) is 7.11 Å². The van der Waals surface area contributed by atoms with Crippen molar-refractivity contribution >= 4 is 5.97 Å². The van der Waals surface area contributed by atoms with E-state index in [2.05, 4.69) is 43.4 Å². The lowest BCUT2D eigenvalue weighted by atomic mass is 10.0. The smallest absolute Gasteiger partial charge is 0.338 e. The fourth-order valence-corrected chi connectivity index (χ4v) is 2.22. The van der Waals surface area contributed by atoms with Gasteiger partial charge in [0.05, 0.1) is 12.7 Å². The molecule has 0 aliphatic carbocycles. The van der Waals surface area contributed by atoms with Crippen LogP contribution in [0.25, 0.3) is 0 Å². The van der Waals surface area contributed by atoms with E-state index in [1.807, 2.05) is 18.2 Å². The van der Waals surface area contributed by atoms with Crippen LogP contribution in [0.3, 0.4) is 0 Å². The summed E-state index contributed by atoms with van der Waals surface area (Å²) in [6.45, 7) is 4.82. The SMILES string of the molecule is COC(=O)c1ccccc1CNC(C)c1ccc(C)cc1. The van der Waals surface area contributed by atoms with Crippen molar-refractivity contribution in [2.45, 2.75) is 26.4 Å². The molecule has 0 amide bonds. The Morgan fingerprint density at radius 1 is 1.14 bits per heavy atom. The second kappa shape index (κ2) is 7.04. The summed E-state index contributed by atoms with van der Waals surface area (Å²) in [4.78, 5) is 11.7. The number of carbonyl (C=O) groups is 1. The number of methoxy groups -OCH3 is 1. The largest absolute Gasteiger partial charge is 0.465 e. The molecule has 0 bridgehead atoms. The summed E-state index contributed by atoms with van der Waals surface area (Å²) in [7, 11) is 1.40. The van der Waals surface area contributed by atoms with Crippen molar-refractivity contribution in [1.29, 1.82) is 0 Å². The Morgan fingerprint density at radius 3 is 2.48 bits per heavy atom. The predicted molar refractivity (Wildman–Crippen MR) is 84.2 cm³/mol. The number of benzene rings is 2. The molecular weight excluding hydrogens is 262 g/mol. The minimum absolute atomic E-state index is 0.219. The molecule has 1 unspecified atom stereocenters. The third kappa shape index (κ3) is 3.92. The molecule has 0 radical (unpaired) electrons. The maximum absolute atomic E-state index is 11.7. The van der Waals surface area contributed by atoms with Crippen LogP contribution in [0.4, 0.5) is 0 Å². The van der Waals surface area contributed by atoms with Crippen molar-refractivity contribution in [1.82, 2.24) is 5.32 Å². The van der Waals surface area contributed by atoms with Crippen molar-refractivity contribution in [3.63, 3.8) is 0 Å². The molecule has 110 valence electrons. The van der Waals surface area contributed by atoms with Gasteiger partial charge >= 0.3 is 5.97 Å². The maximum Gasteiger partial charge on any atom is 0.338 e. The van der Waals surface area contributed by atoms with Crippen LogP contribution >= 0.6 is 0 Å². The van der Waals surface area contributed by atoms with Crippen molar-refractivity contribution in [3.05, 3.63) is 70.8 Å². The summed E-state index contributed by atoms with van der Waals surface area (Å²) in [5, 5.41) is 3.45. The van der Waals surface area contributed by atoms with Crippen molar-refractivity contribution < 1.29 is 9.53 Å². The van der Waals surface area contributed by atoms with Gasteiger partial charge in [-0.15, -0.1) is 0 Å². The monoisotopic (exact) mass is 283 g/mol. The van der Waals surface area contributed by atoms with Crippen molar-refractivity contribution in [3.8, 4) is 0 Å². The lowest BCUT2D eigenvalue weighted by Crippen LogP contribution is -2.20. The third-order valence-electron chi connectivity index (χ3n) is 3.60. The lowest BCUT2D eigenvalue weighted by Gasteiger charge is -2.16. The van der Waals surface area contributed by atoms with E-state index in [1.54, 1.807) is 6.07 Å². The molecule has 0 aliphatic heterocycles. The van der Waals surface area contributed by atoms with Crippen LogP contribution < -0.4 is 5.32 Å². The molecule has 0 aliphatic rings. The van der Waals surface area contributed by atoms with E-state index in [0.29, 0.717) is 12.1 Å². The van der Waals surface area contributed by atoms with E-state index in [-0.39, 0.29) is 12.0 Å². The maximum atomic E-state index is 11.7. The van der Waals surface area contributed by atoms with Gasteiger partial charge in [-0.3, -0.25) is 0 Å². The van der Waals surface area contributed by atoms with Crippen molar-refractivity contribution in [2.24, 2.45) is 0 Å². The summed E-state index contributed by atoms with van der Waals surface area (Å²) >= 11 is 0. The summed E-state index contributed by atoms with van der Waals surface area (Å²) in [5.74, 6) is -0.296. The van der Waals surface area contributed by atoms with Gasteiger partial charge in [-0.25, -0.2) is 4.79 Å². The first-order valence-electron chi connectivity index (χ1n) is 7.08. The van der Waals surface area contributed by atoms with Gasteiger partial charge in [0.25, 0.3) is 0 Å². The molecule has 2 rings (SSSR count). The molecule has 21 heavy (non-hydrogen) atoms. The van der Waals surface area contributed by atoms with Crippen LogP contribution in [0.15, 0.2) is 48.5 Å². The van der Waals surface area contributed by atoms with Crippen LogP contribution in [-0.4, -0.2) is 13.1 Å². The number of nitrogens with one attached hydrogen (secondary N) is 1. The van der Waals surface area contributed by atoms with E-state index in [1.165, 1.54) is 18.2 Å². The van der Waals surface area contributed by atoms with E-state index < -0.39 is 0 Å². The predicted octanol–water partition coefficient (Wildman–Crippen LogP) is 3.63. The Balaban J connectivity index is 2.06. The summed E-state index contributed by atoms with van der Waals surface area (Å²) in [6.07, 6.45) is 0. The van der Waals surface area contributed by atoms with Gasteiger partial charge in [0, 0.05) is 12.6 Å². The van der Waals surface area contributed by atoms with Gasteiger partial charge in [-0.2, -0.15) is 0 Å². The van der Waals surface area contributed by atoms with Crippen LogP contribution in [-0.2, 0) is 11.3 Å². The number of hydrogen-bond acceptors (Lipinski definition) is 3. The molecule has 0 heterocycles. The first-order chi connectivity index (χ1) is 10.1. The number of carbonyl (C=O) groups excluding carboxylic acids is 1. The molecule has 0 aromatic heterocycles. The molecule has 2 aromatic carbocycles. The highest BCUT2D eigenvalue weighted by Gasteiger charge is 2.12.